The van der Waals surface area contributed by atoms with E-state index in [-0.39, 0.29) is 10.6 Å². The second-order valence-corrected chi connectivity index (χ2v) is 6.27. The summed E-state index contributed by atoms with van der Waals surface area (Å²) in [5.74, 6) is 0.257. The number of nitrogen functional groups attached to an aromatic ring is 1. The van der Waals surface area contributed by atoms with Crippen LogP contribution in [0.4, 0.5) is 10.1 Å². The number of nitrogens with one attached hydrogen (secondary N) is 1. The van der Waals surface area contributed by atoms with Crippen LogP contribution in [0.1, 0.15) is 5.56 Å². The fourth-order valence-corrected chi connectivity index (χ4v) is 2.59. The van der Waals surface area contributed by atoms with E-state index in [2.05, 4.69) is 4.72 Å². The summed E-state index contributed by atoms with van der Waals surface area (Å²) in [6, 6.07) is 8.36. The van der Waals surface area contributed by atoms with Crippen molar-refractivity contribution in [2.45, 2.75) is 11.8 Å². The molecule has 0 saturated heterocycles. The van der Waals surface area contributed by atoms with Gasteiger partial charge in [0.05, 0.1) is 5.69 Å². The zero-order valence-corrected chi connectivity index (χ0v) is 12.4. The molecule has 0 aliphatic heterocycles. The summed E-state index contributed by atoms with van der Waals surface area (Å²) >= 11 is 0. The van der Waals surface area contributed by atoms with E-state index in [4.69, 9.17) is 10.5 Å². The van der Waals surface area contributed by atoms with Gasteiger partial charge in [-0.15, -0.1) is 0 Å². The highest BCUT2D eigenvalue weighted by Gasteiger charge is 2.16. The fourth-order valence-electron chi connectivity index (χ4n) is 1.76. The van der Waals surface area contributed by atoms with Gasteiger partial charge < -0.3 is 10.5 Å². The third-order valence-corrected chi connectivity index (χ3v) is 4.41. The monoisotopic (exact) mass is 310 g/mol. The standard InChI is InChI=1S/C14H15FN2O3S/c1-9-3-4-10(15)7-13(9)20-11-5-6-14(12(16)8-11)21(18,19)17-2/h3-8,17H,16H2,1-2H3. The molecule has 0 aromatic heterocycles. The molecule has 0 fully saturated rings. The number of halogens is 1. The van der Waals surface area contributed by atoms with E-state index in [1.165, 1.54) is 37.4 Å². The Morgan fingerprint density at radius 2 is 1.90 bits per heavy atom. The Balaban J connectivity index is 2.35. The summed E-state index contributed by atoms with van der Waals surface area (Å²) in [7, 11) is -2.32. The third-order valence-electron chi connectivity index (χ3n) is 2.92. The maximum Gasteiger partial charge on any atom is 0.242 e. The van der Waals surface area contributed by atoms with Crippen molar-refractivity contribution in [1.29, 1.82) is 0 Å². The Morgan fingerprint density at radius 3 is 2.52 bits per heavy atom. The summed E-state index contributed by atoms with van der Waals surface area (Å²) in [6.45, 7) is 1.78. The van der Waals surface area contributed by atoms with Crippen LogP contribution < -0.4 is 15.2 Å². The van der Waals surface area contributed by atoms with Gasteiger partial charge in [-0.2, -0.15) is 0 Å². The lowest BCUT2D eigenvalue weighted by Crippen LogP contribution is -2.19. The molecule has 3 N–H and O–H groups in total. The lowest BCUT2D eigenvalue weighted by Gasteiger charge is -2.11. The number of hydrogen-bond acceptors (Lipinski definition) is 4. The van der Waals surface area contributed by atoms with Crippen molar-refractivity contribution in [3.8, 4) is 11.5 Å². The predicted octanol–water partition coefficient (Wildman–Crippen LogP) is 2.42. The van der Waals surface area contributed by atoms with Crippen molar-refractivity contribution in [3.05, 3.63) is 47.8 Å². The van der Waals surface area contributed by atoms with Crippen LogP contribution in [-0.4, -0.2) is 15.5 Å². The highest BCUT2D eigenvalue weighted by Crippen LogP contribution is 2.29. The smallest absolute Gasteiger partial charge is 0.242 e. The minimum atomic E-state index is -3.62. The van der Waals surface area contributed by atoms with Gasteiger partial charge in [-0.1, -0.05) is 6.07 Å². The van der Waals surface area contributed by atoms with Crippen molar-refractivity contribution in [2.24, 2.45) is 0 Å². The number of aryl methyl sites for hydroxylation is 1. The van der Waals surface area contributed by atoms with E-state index in [0.717, 1.165) is 5.56 Å². The molecule has 0 saturated carbocycles. The Morgan fingerprint density at radius 1 is 1.19 bits per heavy atom. The molecule has 5 nitrogen and oxygen atoms in total. The number of nitrogens with two attached hydrogens (primary N) is 1. The summed E-state index contributed by atoms with van der Waals surface area (Å²) in [5.41, 5.74) is 6.53. The van der Waals surface area contributed by atoms with Crippen LogP contribution in [0, 0.1) is 12.7 Å². The lowest BCUT2D eigenvalue weighted by atomic mass is 10.2. The molecule has 0 bridgehead atoms. The molecule has 0 aliphatic carbocycles. The van der Waals surface area contributed by atoms with Crippen LogP contribution in [0.25, 0.3) is 0 Å². The number of anilines is 1. The molecule has 0 amide bonds. The van der Waals surface area contributed by atoms with E-state index in [0.29, 0.717) is 11.5 Å². The molecule has 2 aromatic rings. The molecule has 0 aliphatic rings. The number of hydrogen-bond donors (Lipinski definition) is 2. The summed E-state index contributed by atoms with van der Waals surface area (Å²) in [5, 5.41) is 0. The summed E-state index contributed by atoms with van der Waals surface area (Å²) in [4.78, 5) is -0.0340. The van der Waals surface area contributed by atoms with Crippen LogP contribution in [0.5, 0.6) is 11.5 Å². The van der Waals surface area contributed by atoms with E-state index < -0.39 is 15.8 Å². The molecular weight excluding hydrogens is 295 g/mol. The average Bonchev–Trinajstić information content (AvgIpc) is 2.43. The minimum Gasteiger partial charge on any atom is -0.457 e. The number of ether oxygens (including phenoxy) is 1. The van der Waals surface area contributed by atoms with Gasteiger partial charge in [0.25, 0.3) is 0 Å². The van der Waals surface area contributed by atoms with Gasteiger partial charge in [0.1, 0.15) is 22.2 Å². The average molecular weight is 310 g/mol. The topological polar surface area (TPSA) is 81.4 Å². The van der Waals surface area contributed by atoms with Crippen LogP contribution in [0.2, 0.25) is 0 Å². The number of rotatable bonds is 4. The zero-order chi connectivity index (χ0) is 15.6. The molecule has 2 aromatic carbocycles. The summed E-state index contributed by atoms with van der Waals surface area (Å²) < 4.78 is 44.3. The molecule has 112 valence electrons. The van der Waals surface area contributed by atoms with Crippen molar-refractivity contribution in [2.75, 3.05) is 12.8 Å². The Hall–Kier alpha value is -2.12. The molecule has 0 heterocycles. The molecule has 0 atom stereocenters. The summed E-state index contributed by atoms with van der Waals surface area (Å²) in [6.07, 6.45) is 0. The number of benzene rings is 2. The first-order chi connectivity index (χ1) is 9.83. The van der Waals surface area contributed by atoms with E-state index in [1.54, 1.807) is 13.0 Å². The SMILES string of the molecule is CNS(=O)(=O)c1ccc(Oc2cc(F)ccc2C)cc1N. The normalized spacial score (nSPS) is 11.4. The predicted molar refractivity (Wildman–Crippen MR) is 78.3 cm³/mol. The Kier molecular flexibility index (Phi) is 4.15. The van der Waals surface area contributed by atoms with Crippen molar-refractivity contribution in [1.82, 2.24) is 4.72 Å². The maximum atomic E-state index is 13.2. The Bertz CT molecular complexity index is 776. The molecule has 7 heteroatoms. The second kappa shape index (κ2) is 5.71. The second-order valence-electron chi connectivity index (χ2n) is 4.42. The van der Waals surface area contributed by atoms with Crippen molar-refractivity contribution >= 4 is 15.7 Å². The Labute approximate surface area is 122 Å². The molecule has 21 heavy (non-hydrogen) atoms. The first kappa shape index (κ1) is 15.3. The van der Waals surface area contributed by atoms with Crippen LogP contribution in [0.3, 0.4) is 0 Å². The minimum absolute atomic E-state index is 0.0340. The molecule has 0 radical (unpaired) electrons. The van der Waals surface area contributed by atoms with Gasteiger partial charge in [-0.05, 0) is 37.7 Å². The van der Waals surface area contributed by atoms with Crippen LogP contribution in [-0.2, 0) is 10.0 Å². The van der Waals surface area contributed by atoms with Crippen molar-refractivity contribution < 1.29 is 17.5 Å². The van der Waals surface area contributed by atoms with Gasteiger partial charge >= 0.3 is 0 Å². The van der Waals surface area contributed by atoms with Crippen molar-refractivity contribution in [3.63, 3.8) is 0 Å². The number of sulfonamides is 1. The molecule has 0 spiro atoms. The molecule has 2 rings (SSSR count). The first-order valence-electron chi connectivity index (χ1n) is 6.10. The maximum absolute atomic E-state index is 13.2. The highest BCUT2D eigenvalue weighted by molar-refractivity contribution is 7.89. The highest BCUT2D eigenvalue weighted by atomic mass is 32.2. The fraction of sp³-hybridized carbons (Fsp3) is 0.143. The van der Waals surface area contributed by atoms with Gasteiger partial charge in [-0.3, -0.25) is 0 Å². The van der Waals surface area contributed by atoms with Gasteiger partial charge in [0, 0.05) is 12.1 Å². The largest absolute Gasteiger partial charge is 0.457 e. The molecule has 0 unspecified atom stereocenters. The van der Waals surface area contributed by atoms with Crippen LogP contribution in [0.15, 0.2) is 41.3 Å². The zero-order valence-electron chi connectivity index (χ0n) is 11.6. The molecular formula is C14H15FN2O3S. The van der Waals surface area contributed by atoms with E-state index >= 15 is 0 Å². The van der Waals surface area contributed by atoms with E-state index in [9.17, 15) is 12.8 Å². The third kappa shape index (κ3) is 3.32. The van der Waals surface area contributed by atoms with Crippen LogP contribution >= 0.6 is 0 Å². The quantitative estimate of drug-likeness (QED) is 0.850. The lowest BCUT2D eigenvalue weighted by molar-refractivity contribution is 0.473. The van der Waals surface area contributed by atoms with Gasteiger partial charge in [0.15, 0.2) is 0 Å². The van der Waals surface area contributed by atoms with Gasteiger partial charge in [-0.25, -0.2) is 17.5 Å². The van der Waals surface area contributed by atoms with E-state index in [1.807, 2.05) is 0 Å². The van der Waals surface area contributed by atoms with Gasteiger partial charge in [0.2, 0.25) is 10.0 Å². The first-order valence-corrected chi connectivity index (χ1v) is 7.59.